The third-order valence-electron chi connectivity index (χ3n) is 4.18. The number of likely N-dealkylation sites (N-methyl/N-ethyl adjacent to an activating group) is 1. The van der Waals surface area contributed by atoms with Gasteiger partial charge in [0.05, 0.1) is 12.8 Å². The van der Waals surface area contributed by atoms with Gasteiger partial charge >= 0.3 is 0 Å². The molecule has 1 aliphatic rings. The van der Waals surface area contributed by atoms with E-state index in [2.05, 4.69) is 16.1 Å². The second kappa shape index (κ2) is 6.42. The molecular formula is C17H22N4O2. The number of methoxy groups -OCH3 is 1. The third kappa shape index (κ3) is 3.07. The lowest BCUT2D eigenvalue weighted by Gasteiger charge is -2.34. The zero-order valence-electron chi connectivity index (χ0n) is 13.8. The number of ether oxygens (including phenoxy) is 1. The monoisotopic (exact) mass is 314 g/mol. The number of hydrogen-bond acceptors (Lipinski definition) is 4. The molecule has 0 bridgehead atoms. The van der Waals surface area contributed by atoms with Crippen molar-refractivity contribution in [3.63, 3.8) is 0 Å². The van der Waals surface area contributed by atoms with Crippen LogP contribution in [0.15, 0.2) is 36.5 Å². The molecule has 0 unspecified atom stereocenters. The molecule has 3 rings (SSSR count). The summed E-state index contributed by atoms with van der Waals surface area (Å²) in [5, 5.41) is 4.33. The summed E-state index contributed by atoms with van der Waals surface area (Å²) in [5.74, 6) is 0.946. The highest BCUT2D eigenvalue weighted by Crippen LogP contribution is 2.26. The van der Waals surface area contributed by atoms with Crippen LogP contribution in [0.5, 0.6) is 5.75 Å². The zero-order valence-corrected chi connectivity index (χ0v) is 13.8. The van der Waals surface area contributed by atoms with Crippen molar-refractivity contribution < 1.29 is 9.53 Å². The normalized spacial score (nSPS) is 17.6. The van der Waals surface area contributed by atoms with E-state index in [0.717, 1.165) is 30.1 Å². The highest BCUT2D eigenvalue weighted by molar-refractivity contribution is 5.80. The average molecular weight is 314 g/mol. The minimum absolute atomic E-state index is 0.0691. The van der Waals surface area contributed by atoms with Crippen LogP contribution in [-0.4, -0.2) is 53.2 Å². The summed E-state index contributed by atoms with van der Waals surface area (Å²) >= 11 is 0. The Bertz CT molecular complexity index is 695. The Labute approximate surface area is 136 Å². The maximum atomic E-state index is 12.5. The van der Waals surface area contributed by atoms with Gasteiger partial charge in [0.1, 0.15) is 11.8 Å². The number of para-hydroxylation sites is 1. The number of amides is 1. The van der Waals surface area contributed by atoms with E-state index in [0.29, 0.717) is 6.54 Å². The Morgan fingerprint density at radius 3 is 2.87 bits per heavy atom. The minimum atomic E-state index is -0.279. The van der Waals surface area contributed by atoms with Gasteiger partial charge in [-0.1, -0.05) is 18.2 Å². The molecule has 1 aromatic heterocycles. The highest BCUT2D eigenvalue weighted by atomic mass is 16.5. The van der Waals surface area contributed by atoms with Gasteiger partial charge in [-0.05, 0) is 12.1 Å². The molecule has 0 spiro atoms. The van der Waals surface area contributed by atoms with E-state index in [1.54, 1.807) is 32.3 Å². The molecule has 0 aliphatic carbocycles. The van der Waals surface area contributed by atoms with Crippen LogP contribution in [0, 0.1) is 0 Å². The van der Waals surface area contributed by atoms with Crippen molar-refractivity contribution in [1.29, 1.82) is 0 Å². The number of benzene rings is 1. The smallest absolute Gasteiger partial charge is 0.248 e. The molecule has 1 amide bonds. The molecule has 23 heavy (non-hydrogen) atoms. The SMILES string of the molecule is COc1ccccc1CN1Cc2ccnn2[C@H](C(=O)N(C)C)C1. The summed E-state index contributed by atoms with van der Waals surface area (Å²) in [7, 11) is 5.25. The Balaban J connectivity index is 1.84. The molecule has 0 fully saturated rings. The second-order valence-corrected chi connectivity index (χ2v) is 6.00. The van der Waals surface area contributed by atoms with Crippen molar-refractivity contribution in [1.82, 2.24) is 19.6 Å². The average Bonchev–Trinajstić information content (AvgIpc) is 3.02. The van der Waals surface area contributed by atoms with Crippen LogP contribution in [0.3, 0.4) is 0 Å². The summed E-state index contributed by atoms with van der Waals surface area (Å²) < 4.78 is 7.28. The van der Waals surface area contributed by atoms with Crippen LogP contribution in [0.25, 0.3) is 0 Å². The fourth-order valence-electron chi connectivity index (χ4n) is 3.04. The predicted molar refractivity (Wildman–Crippen MR) is 87.1 cm³/mol. The second-order valence-electron chi connectivity index (χ2n) is 6.00. The van der Waals surface area contributed by atoms with Crippen LogP contribution < -0.4 is 4.74 Å². The summed E-state index contributed by atoms with van der Waals surface area (Å²) in [6.07, 6.45) is 1.76. The summed E-state index contributed by atoms with van der Waals surface area (Å²) in [4.78, 5) is 16.4. The van der Waals surface area contributed by atoms with Crippen LogP contribution in [0.1, 0.15) is 17.3 Å². The fraction of sp³-hybridized carbons (Fsp3) is 0.412. The van der Waals surface area contributed by atoms with Gasteiger partial charge in [0, 0.05) is 45.5 Å². The van der Waals surface area contributed by atoms with Crippen molar-refractivity contribution >= 4 is 5.91 Å². The number of hydrogen-bond donors (Lipinski definition) is 0. The fourth-order valence-corrected chi connectivity index (χ4v) is 3.04. The van der Waals surface area contributed by atoms with Gasteiger partial charge in [-0.25, -0.2) is 0 Å². The lowest BCUT2D eigenvalue weighted by Crippen LogP contribution is -2.44. The zero-order chi connectivity index (χ0) is 16.4. The van der Waals surface area contributed by atoms with Crippen molar-refractivity contribution in [3.8, 4) is 5.75 Å². The molecule has 1 atom stereocenters. The van der Waals surface area contributed by atoms with Gasteiger partial charge in [0.15, 0.2) is 0 Å². The van der Waals surface area contributed by atoms with E-state index in [1.807, 2.05) is 28.9 Å². The number of carbonyl (C=O) groups is 1. The molecule has 2 aromatic rings. The summed E-state index contributed by atoms with van der Waals surface area (Å²) in [6.45, 7) is 2.16. The molecule has 0 N–H and O–H groups in total. The van der Waals surface area contributed by atoms with Crippen LogP contribution in [0.2, 0.25) is 0 Å². The molecule has 0 saturated heterocycles. The molecule has 122 valence electrons. The molecule has 2 heterocycles. The number of carbonyl (C=O) groups excluding carboxylic acids is 1. The highest BCUT2D eigenvalue weighted by Gasteiger charge is 2.31. The molecular weight excluding hydrogens is 292 g/mol. The van der Waals surface area contributed by atoms with Gasteiger partial charge in [-0.15, -0.1) is 0 Å². The predicted octanol–water partition coefficient (Wildman–Crippen LogP) is 1.54. The molecule has 1 aromatic carbocycles. The molecule has 1 aliphatic heterocycles. The minimum Gasteiger partial charge on any atom is -0.496 e. The maximum absolute atomic E-state index is 12.5. The summed E-state index contributed by atoms with van der Waals surface area (Å²) in [5.41, 5.74) is 2.19. The molecule has 0 radical (unpaired) electrons. The Morgan fingerprint density at radius 2 is 2.13 bits per heavy atom. The van der Waals surface area contributed by atoms with Gasteiger partial charge < -0.3 is 9.64 Å². The lowest BCUT2D eigenvalue weighted by atomic mass is 10.1. The van der Waals surface area contributed by atoms with E-state index >= 15 is 0 Å². The number of fused-ring (bicyclic) bond motifs is 1. The molecule has 6 nitrogen and oxygen atoms in total. The Morgan fingerprint density at radius 1 is 1.35 bits per heavy atom. The Hall–Kier alpha value is -2.34. The number of rotatable bonds is 4. The largest absolute Gasteiger partial charge is 0.496 e. The van der Waals surface area contributed by atoms with Crippen LogP contribution >= 0.6 is 0 Å². The van der Waals surface area contributed by atoms with Gasteiger partial charge in [0.25, 0.3) is 0 Å². The molecule has 6 heteroatoms. The molecule has 0 saturated carbocycles. The van der Waals surface area contributed by atoms with Gasteiger partial charge in [-0.2, -0.15) is 5.10 Å². The maximum Gasteiger partial charge on any atom is 0.248 e. The Kier molecular flexibility index (Phi) is 4.34. The number of nitrogens with zero attached hydrogens (tertiary/aromatic N) is 4. The van der Waals surface area contributed by atoms with E-state index in [-0.39, 0.29) is 11.9 Å². The third-order valence-corrected chi connectivity index (χ3v) is 4.18. The standard InChI is InChI=1S/C17H22N4O2/c1-19(2)17(22)15-12-20(11-14-8-9-18-21(14)15)10-13-6-4-5-7-16(13)23-3/h4-9,15H,10-12H2,1-3H3/t15-/m0/s1. The van der Waals surface area contributed by atoms with Gasteiger partial charge in [0.2, 0.25) is 5.91 Å². The lowest BCUT2D eigenvalue weighted by molar-refractivity contribution is -0.134. The van der Waals surface area contributed by atoms with E-state index in [1.165, 1.54) is 0 Å². The van der Waals surface area contributed by atoms with E-state index in [9.17, 15) is 4.79 Å². The summed E-state index contributed by atoms with van der Waals surface area (Å²) in [6, 6.07) is 9.70. The van der Waals surface area contributed by atoms with Gasteiger partial charge in [-0.3, -0.25) is 14.4 Å². The first kappa shape index (κ1) is 15.6. The first-order valence-electron chi connectivity index (χ1n) is 7.68. The first-order chi connectivity index (χ1) is 11.1. The topological polar surface area (TPSA) is 50.6 Å². The van der Waals surface area contributed by atoms with Crippen molar-refractivity contribution in [2.24, 2.45) is 0 Å². The van der Waals surface area contributed by atoms with Crippen molar-refractivity contribution in [3.05, 3.63) is 47.8 Å². The van der Waals surface area contributed by atoms with Crippen LogP contribution in [-0.2, 0) is 17.9 Å². The number of aromatic nitrogens is 2. The first-order valence-corrected chi connectivity index (χ1v) is 7.68. The van der Waals surface area contributed by atoms with Crippen molar-refractivity contribution in [2.75, 3.05) is 27.7 Å². The van der Waals surface area contributed by atoms with Crippen molar-refractivity contribution in [2.45, 2.75) is 19.1 Å². The van der Waals surface area contributed by atoms with E-state index < -0.39 is 0 Å². The van der Waals surface area contributed by atoms with Crippen LogP contribution in [0.4, 0.5) is 0 Å². The van der Waals surface area contributed by atoms with E-state index in [4.69, 9.17) is 4.74 Å². The quantitative estimate of drug-likeness (QED) is 0.859.